The molecule has 3 aliphatic rings. The molecular formula is C25H32Cl2N4O8. The Morgan fingerprint density at radius 2 is 1.72 bits per heavy atom. The number of nitrogens with one attached hydrogen (secondary N) is 1. The Kier molecular flexibility index (Phi) is 9.16. The highest BCUT2D eigenvalue weighted by Crippen LogP contribution is 2.53. The summed E-state index contributed by atoms with van der Waals surface area (Å²) in [5.74, 6) is -7.61. The molecule has 0 aromatic heterocycles. The third-order valence-electron chi connectivity index (χ3n) is 7.33. The van der Waals surface area contributed by atoms with Crippen LogP contribution in [0, 0.1) is 11.8 Å². The van der Waals surface area contributed by atoms with Gasteiger partial charge in [0.25, 0.3) is 5.91 Å². The van der Waals surface area contributed by atoms with Crippen LogP contribution >= 0.6 is 24.8 Å². The Balaban J connectivity index is 0.00000267. The van der Waals surface area contributed by atoms with Crippen LogP contribution < -0.4 is 11.1 Å². The maximum absolute atomic E-state index is 13.8. The van der Waals surface area contributed by atoms with E-state index in [9.17, 15) is 39.6 Å². The van der Waals surface area contributed by atoms with Gasteiger partial charge in [0.05, 0.1) is 23.8 Å². The molecule has 14 heteroatoms. The van der Waals surface area contributed by atoms with Crippen molar-refractivity contribution in [3.05, 3.63) is 40.2 Å². The number of phenols is 1. The van der Waals surface area contributed by atoms with Crippen LogP contribution in [0.4, 0.5) is 5.69 Å². The van der Waals surface area contributed by atoms with Crippen molar-refractivity contribution >= 4 is 59.6 Å². The lowest BCUT2D eigenvalue weighted by molar-refractivity contribution is -0.153. The van der Waals surface area contributed by atoms with E-state index < -0.39 is 69.7 Å². The molecule has 39 heavy (non-hydrogen) atoms. The number of carbonyl (C=O) groups excluding carboxylic acids is 4. The molecule has 0 radical (unpaired) electrons. The number of carbonyl (C=O) groups is 4. The minimum Gasteiger partial charge on any atom is -0.508 e. The number of anilines is 1. The molecule has 0 heterocycles. The smallest absolute Gasteiger partial charge is 0.255 e. The largest absolute Gasteiger partial charge is 0.508 e. The number of nitrogens with two attached hydrogens (primary N) is 1. The number of Topliss-reactive ketones (excluding diaryl/α,β-unsaturated/α-hetero) is 2. The zero-order valence-electron chi connectivity index (χ0n) is 21.7. The van der Waals surface area contributed by atoms with Gasteiger partial charge in [0, 0.05) is 11.5 Å². The van der Waals surface area contributed by atoms with Crippen LogP contribution in [0.5, 0.6) is 5.75 Å². The first kappa shape index (κ1) is 32.1. The van der Waals surface area contributed by atoms with Crippen LogP contribution in [0.2, 0.25) is 0 Å². The van der Waals surface area contributed by atoms with Crippen LogP contribution in [-0.2, 0) is 25.6 Å². The fourth-order valence-corrected chi connectivity index (χ4v) is 5.80. The van der Waals surface area contributed by atoms with Crippen molar-refractivity contribution < 1.29 is 39.6 Å². The molecule has 2 amide bonds. The fraction of sp³-hybridized carbons (Fsp3) is 0.440. The number of hydrogen-bond donors (Lipinski definition) is 6. The normalized spacial score (nSPS) is 25.9. The lowest BCUT2D eigenvalue weighted by Crippen LogP contribution is -2.65. The number of halogens is 2. The summed E-state index contributed by atoms with van der Waals surface area (Å²) in [4.78, 5) is 54.2. The Morgan fingerprint density at radius 3 is 2.26 bits per heavy atom. The van der Waals surface area contributed by atoms with Crippen molar-refractivity contribution in [3.8, 4) is 5.75 Å². The minimum atomic E-state index is -2.70. The number of nitrogens with zero attached hydrogens (tertiary/aromatic N) is 2. The van der Waals surface area contributed by atoms with Crippen molar-refractivity contribution in [2.75, 3.05) is 40.1 Å². The number of amides is 2. The molecule has 1 aromatic rings. The van der Waals surface area contributed by atoms with Crippen LogP contribution in [0.15, 0.2) is 29.0 Å². The number of rotatable bonds is 5. The van der Waals surface area contributed by atoms with E-state index in [1.165, 1.54) is 25.1 Å². The number of fused-ring (bicyclic) bond motifs is 3. The highest BCUT2D eigenvalue weighted by Gasteiger charge is 2.64. The quantitative estimate of drug-likeness (QED) is 0.206. The zero-order chi connectivity index (χ0) is 27.6. The second kappa shape index (κ2) is 11.1. The second-order valence-corrected chi connectivity index (χ2v) is 10.2. The molecule has 3 unspecified atom stereocenters. The number of aliphatic hydroxyl groups excluding tert-OH is 2. The molecule has 0 aliphatic heterocycles. The Bertz CT molecular complexity index is 1310. The van der Waals surface area contributed by atoms with Crippen LogP contribution in [-0.4, -0.2) is 100.0 Å². The average Bonchev–Trinajstić information content (AvgIpc) is 2.77. The molecule has 12 nitrogen and oxygen atoms in total. The van der Waals surface area contributed by atoms with Crippen molar-refractivity contribution in [1.82, 2.24) is 9.80 Å². The number of likely N-dealkylation sites (N-methyl/N-ethyl adjacent to an activating group) is 2. The second-order valence-electron chi connectivity index (χ2n) is 10.2. The highest BCUT2D eigenvalue weighted by atomic mass is 35.5. The number of hydrogen-bond acceptors (Lipinski definition) is 10. The predicted octanol–water partition coefficient (Wildman–Crippen LogP) is 0.308. The van der Waals surface area contributed by atoms with E-state index in [1.54, 1.807) is 25.1 Å². The van der Waals surface area contributed by atoms with E-state index in [1.807, 2.05) is 0 Å². The monoisotopic (exact) mass is 586 g/mol. The molecule has 7 N–H and O–H groups in total. The third-order valence-corrected chi connectivity index (χ3v) is 7.33. The first-order valence-electron chi connectivity index (χ1n) is 11.7. The van der Waals surface area contributed by atoms with Gasteiger partial charge in [-0.25, -0.2) is 0 Å². The fourth-order valence-electron chi connectivity index (χ4n) is 5.80. The van der Waals surface area contributed by atoms with Gasteiger partial charge in [0.2, 0.25) is 11.7 Å². The maximum Gasteiger partial charge on any atom is 0.255 e. The number of primary amides is 1. The van der Waals surface area contributed by atoms with E-state index in [0.29, 0.717) is 5.56 Å². The number of phenolic OH excluding ortho intramolecular Hbond substituents is 1. The average molecular weight is 587 g/mol. The highest BCUT2D eigenvalue weighted by molar-refractivity contribution is 6.24. The van der Waals surface area contributed by atoms with Gasteiger partial charge in [-0.3, -0.25) is 24.1 Å². The van der Waals surface area contributed by atoms with Crippen molar-refractivity contribution in [1.29, 1.82) is 0 Å². The lowest BCUT2D eigenvalue weighted by atomic mass is 9.57. The van der Waals surface area contributed by atoms with Crippen molar-refractivity contribution in [2.24, 2.45) is 17.6 Å². The topological polar surface area (TPSA) is 194 Å². The molecule has 1 saturated carbocycles. The van der Waals surface area contributed by atoms with Gasteiger partial charge in [-0.1, -0.05) is 6.07 Å². The van der Waals surface area contributed by atoms with Gasteiger partial charge < -0.3 is 36.4 Å². The molecule has 3 aliphatic carbocycles. The summed E-state index contributed by atoms with van der Waals surface area (Å²) in [5.41, 5.74) is 1.93. The van der Waals surface area contributed by atoms with Crippen LogP contribution in [0.1, 0.15) is 17.5 Å². The molecule has 0 saturated heterocycles. The van der Waals surface area contributed by atoms with E-state index in [4.69, 9.17) is 5.73 Å². The number of aliphatic hydroxyl groups is 3. The first-order valence-corrected chi connectivity index (χ1v) is 11.7. The molecule has 0 bridgehead atoms. The molecule has 4 rings (SSSR count). The Morgan fingerprint density at radius 1 is 1.10 bits per heavy atom. The number of ketones is 2. The SMILES string of the molecule is CN(C)CC(=O)Nc1ccc2c(c1O)C(O)=C1C(=O)C3(O)C(O)=C(C(N)=O)C(=O)[C@@H](N(C)C)C3CC1C2.Cl.Cl. The minimum absolute atomic E-state index is 0. The van der Waals surface area contributed by atoms with Gasteiger partial charge in [-0.05, 0) is 58.6 Å². The Hall–Kier alpha value is -3.16. The van der Waals surface area contributed by atoms with Crippen molar-refractivity contribution in [2.45, 2.75) is 24.5 Å². The summed E-state index contributed by atoms with van der Waals surface area (Å²) in [6, 6.07) is 1.96. The van der Waals surface area contributed by atoms with Crippen LogP contribution in [0.25, 0.3) is 5.76 Å². The molecular weight excluding hydrogens is 555 g/mol. The summed E-state index contributed by atoms with van der Waals surface area (Å²) in [6.45, 7) is 0.0398. The van der Waals surface area contributed by atoms with Gasteiger partial charge in [0.1, 0.15) is 22.8 Å². The van der Waals surface area contributed by atoms with Crippen LogP contribution in [0.3, 0.4) is 0 Å². The molecule has 214 valence electrons. The summed E-state index contributed by atoms with van der Waals surface area (Å²) < 4.78 is 0. The zero-order valence-corrected chi connectivity index (χ0v) is 23.4. The summed E-state index contributed by atoms with van der Waals surface area (Å²) in [6.07, 6.45) is 0.182. The van der Waals surface area contributed by atoms with Crippen molar-refractivity contribution in [3.63, 3.8) is 0 Å². The van der Waals surface area contributed by atoms with Gasteiger partial charge >= 0.3 is 0 Å². The number of aromatic hydroxyl groups is 1. The van der Waals surface area contributed by atoms with Gasteiger partial charge in [-0.2, -0.15) is 0 Å². The first-order chi connectivity index (χ1) is 17.2. The van der Waals surface area contributed by atoms with Gasteiger partial charge in [0.15, 0.2) is 11.4 Å². The van der Waals surface area contributed by atoms with E-state index >= 15 is 0 Å². The van der Waals surface area contributed by atoms with E-state index in [2.05, 4.69) is 5.32 Å². The molecule has 1 fully saturated rings. The Labute approximate surface area is 237 Å². The lowest BCUT2D eigenvalue weighted by Gasteiger charge is -2.50. The standard InChI is InChI=1S/C25H30N4O8.2ClH/c1-28(2)9-14(30)27-13-6-5-10-7-11-8-12-18(29(3)4)21(33)17(24(26)36)23(35)25(12,37)22(34)16(11)20(32)15(10)19(13)31;;/h5-6,11-12,18,31-32,35,37H,7-9H2,1-4H3,(H2,26,36)(H,27,30);2*1H/t11?,12?,18-,25?;;/m0../s1. The third kappa shape index (κ3) is 4.87. The maximum atomic E-state index is 13.8. The molecule has 1 aromatic carbocycles. The van der Waals surface area contributed by atoms with E-state index in [0.717, 1.165) is 0 Å². The predicted molar refractivity (Wildman–Crippen MR) is 146 cm³/mol. The van der Waals surface area contributed by atoms with E-state index in [-0.39, 0.29) is 61.0 Å². The molecule has 0 spiro atoms. The summed E-state index contributed by atoms with van der Waals surface area (Å²) >= 11 is 0. The number of benzene rings is 1. The van der Waals surface area contributed by atoms with Gasteiger partial charge in [-0.15, -0.1) is 24.8 Å². The molecule has 4 atom stereocenters. The summed E-state index contributed by atoms with van der Waals surface area (Å²) in [5, 5.41) is 47.1. The summed E-state index contributed by atoms with van der Waals surface area (Å²) in [7, 11) is 6.47.